The molecular formula is C32H36N2O5. The number of carbonyl (C=O) groups excluding carboxylic acids is 2. The molecule has 7 rings (SSSR count). The van der Waals surface area contributed by atoms with Crippen molar-refractivity contribution in [3.05, 3.63) is 65.2 Å². The molecule has 2 heterocycles. The summed E-state index contributed by atoms with van der Waals surface area (Å²) in [6.45, 7) is 3.32. The van der Waals surface area contributed by atoms with E-state index in [1.54, 1.807) is 11.0 Å². The van der Waals surface area contributed by atoms with E-state index in [0.29, 0.717) is 24.3 Å². The maximum atomic E-state index is 13.4. The van der Waals surface area contributed by atoms with Crippen LogP contribution in [0.2, 0.25) is 0 Å². The summed E-state index contributed by atoms with van der Waals surface area (Å²) in [6, 6.07) is 13.5. The van der Waals surface area contributed by atoms with Gasteiger partial charge in [0.25, 0.3) is 0 Å². The Morgan fingerprint density at radius 1 is 1.15 bits per heavy atom. The van der Waals surface area contributed by atoms with E-state index in [1.807, 2.05) is 49.5 Å². The van der Waals surface area contributed by atoms with Gasteiger partial charge >= 0.3 is 5.97 Å². The van der Waals surface area contributed by atoms with Crippen molar-refractivity contribution in [1.82, 2.24) is 9.80 Å². The average Bonchev–Trinajstić information content (AvgIpc) is 3.67. The van der Waals surface area contributed by atoms with Crippen LogP contribution in [0.15, 0.2) is 48.5 Å². The Kier molecular flexibility index (Phi) is 5.69. The highest BCUT2D eigenvalue weighted by Gasteiger charge is 2.73. The smallest absolute Gasteiger partial charge is 0.308 e. The molecule has 2 aromatic carbocycles. The first kappa shape index (κ1) is 24.9. The molecule has 0 aromatic heterocycles. The molecule has 1 saturated heterocycles. The van der Waals surface area contributed by atoms with Crippen LogP contribution in [-0.2, 0) is 21.4 Å². The van der Waals surface area contributed by atoms with Crippen LogP contribution in [-0.4, -0.2) is 70.7 Å². The van der Waals surface area contributed by atoms with E-state index in [0.717, 1.165) is 48.5 Å². The SMILES string of the molecule is CC(=O)Oc1ccc2c3c1OC1C(N(C)C(=O)C=Cc4ccccc4)CCC4(O)[C@@H](C2)N(CC2CC2)CC[C@]314. The number of likely N-dealkylation sites (tertiary alicyclic amines) is 1. The van der Waals surface area contributed by atoms with Crippen LogP contribution in [0.1, 0.15) is 55.7 Å². The predicted molar refractivity (Wildman–Crippen MR) is 146 cm³/mol. The maximum absolute atomic E-state index is 13.4. The summed E-state index contributed by atoms with van der Waals surface area (Å²) in [4.78, 5) is 29.7. The molecule has 2 saturated carbocycles. The molecule has 2 aromatic rings. The van der Waals surface area contributed by atoms with E-state index >= 15 is 0 Å². The largest absolute Gasteiger partial charge is 0.483 e. The molecule has 2 bridgehead atoms. The number of hydrogen-bond acceptors (Lipinski definition) is 6. The molecule has 3 aliphatic carbocycles. The number of piperidine rings is 1. The number of hydrogen-bond donors (Lipinski definition) is 1. The molecule has 1 spiro atoms. The van der Waals surface area contributed by atoms with Crippen molar-refractivity contribution in [2.75, 3.05) is 20.1 Å². The number of carbonyl (C=O) groups is 2. The molecule has 204 valence electrons. The minimum atomic E-state index is -0.974. The van der Waals surface area contributed by atoms with Gasteiger partial charge in [-0.3, -0.25) is 14.5 Å². The fraction of sp³-hybridized carbons (Fsp3) is 0.500. The van der Waals surface area contributed by atoms with Crippen molar-refractivity contribution in [3.8, 4) is 11.5 Å². The fourth-order valence-corrected chi connectivity index (χ4v) is 8.09. The normalized spacial score (nSPS) is 32.4. The number of amides is 1. The lowest BCUT2D eigenvalue weighted by Crippen LogP contribution is -2.78. The lowest BCUT2D eigenvalue weighted by Gasteiger charge is -2.64. The minimum Gasteiger partial charge on any atom is -0.483 e. The Balaban J connectivity index is 1.28. The highest BCUT2D eigenvalue weighted by molar-refractivity contribution is 5.92. The monoisotopic (exact) mass is 528 g/mol. The molecule has 7 heteroatoms. The summed E-state index contributed by atoms with van der Waals surface area (Å²) in [5.41, 5.74) is 1.50. The average molecular weight is 529 g/mol. The number of aliphatic hydroxyl groups is 1. The van der Waals surface area contributed by atoms with Gasteiger partial charge in [0.2, 0.25) is 5.91 Å². The van der Waals surface area contributed by atoms with Crippen molar-refractivity contribution < 1.29 is 24.2 Å². The Hall–Kier alpha value is -3.16. The quantitative estimate of drug-likeness (QED) is 0.350. The van der Waals surface area contributed by atoms with Crippen LogP contribution in [0.5, 0.6) is 11.5 Å². The number of likely N-dealkylation sites (N-methyl/N-ethyl adjacent to an activating group) is 1. The number of esters is 1. The Morgan fingerprint density at radius 2 is 1.95 bits per heavy atom. The zero-order valence-electron chi connectivity index (χ0n) is 22.6. The molecule has 1 amide bonds. The summed E-state index contributed by atoms with van der Waals surface area (Å²) in [5, 5.41) is 12.7. The molecular weight excluding hydrogens is 492 g/mol. The van der Waals surface area contributed by atoms with Crippen LogP contribution >= 0.6 is 0 Å². The lowest BCUT2D eigenvalue weighted by atomic mass is 9.48. The standard InChI is InChI=1S/C32H36N2O5/c1-20(35)38-25-12-11-23-18-26-32(37)15-14-24(33(2)27(36)13-10-21-6-4-3-5-7-21)30-31(32,28(23)29(25)39-30)16-17-34(26)19-22-8-9-22/h3-7,10-13,22,24,26,30,37H,8-9,14-19H2,1-2H3/t24?,26-,30?,31+,32?/m1/s1. The third kappa shape index (κ3) is 3.70. The summed E-state index contributed by atoms with van der Waals surface area (Å²) in [6.07, 6.45) is 8.32. The third-order valence-electron chi connectivity index (χ3n) is 10.0. The van der Waals surface area contributed by atoms with Gasteiger partial charge in [-0.2, -0.15) is 0 Å². The van der Waals surface area contributed by atoms with Gasteiger partial charge in [-0.25, -0.2) is 0 Å². The molecule has 5 atom stereocenters. The summed E-state index contributed by atoms with van der Waals surface area (Å²) >= 11 is 0. The molecule has 39 heavy (non-hydrogen) atoms. The highest BCUT2D eigenvalue weighted by Crippen LogP contribution is 2.66. The molecule has 7 nitrogen and oxygen atoms in total. The van der Waals surface area contributed by atoms with E-state index < -0.39 is 23.1 Å². The number of ether oxygens (including phenoxy) is 2. The highest BCUT2D eigenvalue weighted by atomic mass is 16.6. The first-order valence-corrected chi connectivity index (χ1v) is 14.3. The minimum absolute atomic E-state index is 0.0101. The van der Waals surface area contributed by atoms with Crippen LogP contribution < -0.4 is 9.47 Å². The number of benzene rings is 2. The Morgan fingerprint density at radius 3 is 2.69 bits per heavy atom. The first-order chi connectivity index (χ1) is 18.8. The molecule has 3 unspecified atom stereocenters. The maximum Gasteiger partial charge on any atom is 0.308 e. The molecule has 5 aliphatic rings. The van der Waals surface area contributed by atoms with Gasteiger partial charge in [-0.1, -0.05) is 36.4 Å². The number of nitrogens with zero attached hydrogens (tertiary/aromatic N) is 2. The van der Waals surface area contributed by atoms with Gasteiger partial charge in [-0.15, -0.1) is 0 Å². The van der Waals surface area contributed by atoms with Gasteiger partial charge in [0.15, 0.2) is 11.5 Å². The molecule has 1 N–H and O–H groups in total. The van der Waals surface area contributed by atoms with E-state index in [4.69, 9.17) is 9.47 Å². The van der Waals surface area contributed by atoms with Gasteiger partial charge in [-0.05, 0) is 74.3 Å². The van der Waals surface area contributed by atoms with E-state index in [2.05, 4.69) is 11.0 Å². The van der Waals surface area contributed by atoms with Crippen molar-refractivity contribution >= 4 is 18.0 Å². The molecule has 0 radical (unpaired) electrons. The second-order valence-electron chi connectivity index (χ2n) is 12.2. The Bertz CT molecular complexity index is 1350. The fourth-order valence-electron chi connectivity index (χ4n) is 8.09. The van der Waals surface area contributed by atoms with Crippen molar-refractivity contribution in [2.45, 2.75) is 74.7 Å². The van der Waals surface area contributed by atoms with E-state index in [9.17, 15) is 14.7 Å². The summed E-state index contributed by atoms with van der Waals surface area (Å²) in [7, 11) is 1.84. The lowest BCUT2D eigenvalue weighted by molar-refractivity contribution is -0.200. The third-order valence-corrected chi connectivity index (χ3v) is 10.0. The second-order valence-corrected chi connectivity index (χ2v) is 12.2. The molecule has 3 fully saturated rings. The zero-order chi connectivity index (χ0) is 26.9. The van der Waals surface area contributed by atoms with Crippen LogP contribution in [0.25, 0.3) is 6.08 Å². The first-order valence-electron chi connectivity index (χ1n) is 14.3. The van der Waals surface area contributed by atoms with Crippen molar-refractivity contribution in [3.63, 3.8) is 0 Å². The number of rotatable bonds is 6. The summed E-state index contributed by atoms with van der Waals surface area (Å²) < 4.78 is 12.4. The van der Waals surface area contributed by atoms with Crippen molar-refractivity contribution in [2.24, 2.45) is 5.92 Å². The van der Waals surface area contributed by atoms with Crippen LogP contribution in [0.4, 0.5) is 0 Å². The van der Waals surface area contributed by atoms with Crippen LogP contribution in [0, 0.1) is 5.92 Å². The van der Waals surface area contributed by atoms with E-state index in [1.165, 1.54) is 19.8 Å². The Labute approximate surface area is 229 Å². The van der Waals surface area contributed by atoms with Gasteiger partial charge in [0.1, 0.15) is 6.10 Å². The van der Waals surface area contributed by atoms with Crippen LogP contribution in [0.3, 0.4) is 0 Å². The predicted octanol–water partition coefficient (Wildman–Crippen LogP) is 3.72. The van der Waals surface area contributed by atoms with Crippen molar-refractivity contribution in [1.29, 1.82) is 0 Å². The molecule has 2 aliphatic heterocycles. The van der Waals surface area contributed by atoms with Gasteiger partial charge < -0.3 is 19.5 Å². The van der Waals surface area contributed by atoms with E-state index in [-0.39, 0.29) is 18.0 Å². The zero-order valence-corrected chi connectivity index (χ0v) is 22.6. The van der Waals surface area contributed by atoms with Gasteiger partial charge in [0, 0.05) is 38.2 Å². The second kappa shape index (κ2) is 8.93. The van der Waals surface area contributed by atoms with Gasteiger partial charge in [0.05, 0.1) is 17.1 Å². The topological polar surface area (TPSA) is 79.3 Å². The summed E-state index contributed by atoms with van der Waals surface area (Å²) in [5.74, 6) is 1.22.